The highest BCUT2D eigenvalue weighted by molar-refractivity contribution is 5.82. The van der Waals surface area contributed by atoms with Gasteiger partial charge >= 0.3 is 5.63 Å². The lowest BCUT2D eigenvalue weighted by atomic mass is 10.1. The molecule has 0 saturated carbocycles. The van der Waals surface area contributed by atoms with Crippen molar-refractivity contribution < 1.29 is 9.52 Å². The SMILES string of the molecule is Cc1cc2c(C)cc(O)cc2oc1=O. The second-order valence-corrected chi connectivity index (χ2v) is 3.39. The van der Waals surface area contributed by atoms with Crippen LogP contribution in [0.15, 0.2) is 27.4 Å². The van der Waals surface area contributed by atoms with E-state index in [1.165, 1.54) is 6.07 Å². The minimum absolute atomic E-state index is 0.113. The Hall–Kier alpha value is -1.77. The number of phenolic OH excluding ortho intramolecular Hbond substituents is 1. The van der Waals surface area contributed by atoms with Crippen LogP contribution in [0, 0.1) is 13.8 Å². The average Bonchev–Trinajstić information content (AvgIpc) is 2.08. The molecular weight excluding hydrogens is 180 g/mol. The number of phenols is 1. The van der Waals surface area contributed by atoms with E-state index in [1.807, 2.05) is 6.92 Å². The fraction of sp³-hybridized carbons (Fsp3) is 0.182. The number of rotatable bonds is 0. The van der Waals surface area contributed by atoms with Crippen molar-refractivity contribution >= 4 is 11.0 Å². The first kappa shape index (κ1) is 8.81. The van der Waals surface area contributed by atoms with Gasteiger partial charge in [-0.2, -0.15) is 0 Å². The van der Waals surface area contributed by atoms with E-state index in [9.17, 15) is 9.90 Å². The summed E-state index contributed by atoms with van der Waals surface area (Å²) in [6, 6.07) is 4.86. The van der Waals surface area contributed by atoms with Crippen LogP contribution in [0.4, 0.5) is 0 Å². The lowest BCUT2D eigenvalue weighted by molar-refractivity contribution is 0.472. The Balaban J connectivity index is 2.96. The van der Waals surface area contributed by atoms with Crippen LogP contribution in [0.3, 0.4) is 0 Å². The van der Waals surface area contributed by atoms with Crippen molar-refractivity contribution in [2.45, 2.75) is 13.8 Å². The highest BCUT2D eigenvalue weighted by Gasteiger charge is 2.05. The molecular formula is C11H10O3. The van der Waals surface area contributed by atoms with Gasteiger partial charge in [0, 0.05) is 17.0 Å². The van der Waals surface area contributed by atoms with Gasteiger partial charge < -0.3 is 9.52 Å². The van der Waals surface area contributed by atoms with E-state index in [0.29, 0.717) is 11.1 Å². The molecule has 0 amide bonds. The third-order valence-electron chi connectivity index (χ3n) is 2.22. The molecule has 0 spiro atoms. The Bertz CT molecular complexity index is 552. The van der Waals surface area contributed by atoms with Crippen LogP contribution in [0.1, 0.15) is 11.1 Å². The highest BCUT2D eigenvalue weighted by Crippen LogP contribution is 2.23. The molecule has 3 nitrogen and oxygen atoms in total. The van der Waals surface area contributed by atoms with Gasteiger partial charge in [-0.25, -0.2) is 4.79 Å². The van der Waals surface area contributed by atoms with Crippen molar-refractivity contribution in [2.75, 3.05) is 0 Å². The van der Waals surface area contributed by atoms with Crippen molar-refractivity contribution in [1.29, 1.82) is 0 Å². The van der Waals surface area contributed by atoms with Crippen molar-refractivity contribution in [3.8, 4) is 5.75 Å². The summed E-state index contributed by atoms with van der Waals surface area (Å²) >= 11 is 0. The summed E-state index contributed by atoms with van der Waals surface area (Å²) in [4.78, 5) is 11.2. The van der Waals surface area contributed by atoms with Crippen LogP contribution in [0.25, 0.3) is 11.0 Å². The van der Waals surface area contributed by atoms with Gasteiger partial charge in [0.2, 0.25) is 0 Å². The highest BCUT2D eigenvalue weighted by atomic mass is 16.4. The van der Waals surface area contributed by atoms with E-state index in [4.69, 9.17) is 4.42 Å². The van der Waals surface area contributed by atoms with Gasteiger partial charge in [0.1, 0.15) is 11.3 Å². The minimum atomic E-state index is -0.359. The minimum Gasteiger partial charge on any atom is -0.508 e. The lowest BCUT2D eigenvalue weighted by Crippen LogP contribution is -2.02. The Morgan fingerprint density at radius 3 is 2.57 bits per heavy atom. The van der Waals surface area contributed by atoms with Crippen molar-refractivity contribution in [3.63, 3.8) is 0 Å². The molecule has 0 aliphatic rings. The summed E-state index contributed by atoms with van der Waals surface area (Å²) < 4.78 is 5.04. The molecule has 14 heavy (non-hydrogen) atoms. The number of hydrogen-bond donors (Lipinski definition) is 1. The third kappa shape index (κ3) is 1.27. The molecule has 0 unspecified atom stereocenters. The Morgan fingerprint density at radius 2 is 1.86 bits per heavy atom. The first-order chi connectivity index (χ1) is 6.58. The first-order valence-corrected chi connectivity index (χ1v) is 4.32. The van der Waals surface area contributed by atoms with E-state index in [1.54, 1.807) is 19.1 Å². The topological polar surface area (TPSA) is 50.4 Å². The molecule has 3 heteroatoms. The maximum Gasteiger partial charge on any atom is 0.339 e. The van der Waals surface area contributed by atoms with Gasteiger partial charge in [-0.3, -0.25) is 0 Å². The predicted octanol–water partition coefficient (Wildman–Crippen LogP) is 2.12. The van der Waals surface area contributed by atoms with Crippen molar-refractivity contribution in [1.82, 2.24) is 0 Å². The molecule has 0 aliphatic heterocycles. The largest absolute Gasteiger partial charge is 0.508 e. The van der Waals surface area contributed by atoms with E-state index < -0.39 is 0 Å². The number of hydrogen-bond acceptors (Lipinski definition) is 3. The smallest absolute Gasteiger partial charge is 0.339 e. The molecule has 1 aromatic heterocycles. The van der Waals surface area contributed by atoms with Crippen LogP contribution in [0.5, 0.6) is 5.75 Å². The van der Waals surface area contributed by atoms with Crippen LogP contribution in [0.2, 0.25) is 0 Å². The number of aryl methyl sites for hydroxylation is 2. The van der Waals surface area contributed by atoms with Crippen LogP contribution in [-0.4, -0.2) is 5.11 Å². The predicted molar refractivity (Wildman–Crippen MR) is 53.6 cm³/mol. The van der Waals surface area contributed by atoms with E-state index >= 15 is 0 Å². The van der Waals surface area contributed by atoms with Gasteiger partial charge in [0.25, 0.3) is 0 Å². The second kappa shape index (κ2) is 2.87. The van der Waals surface area contributed by atoms with Gasteiger partial charge in [-0.15, -0.1) is 0 Å². The Morgan fingerprint density at radius 1 is 1.14 bits per heavy atom. The zero-order valence-electron chi connectivity index (χ0n) is 8.00. The molecule has 0 saturated heterocycles. The molecule has 0 bridgehead atoms. The number of fused-ring (bicyclic) bond motifs is 1. The normalized spacial score (nSPS) is 10.7. The molecule has 0 aliphatic carbocycles. The molecule has 1 heterocycles. The lowest BCUT2D eigenvalue weighted by Gasteiger charge is -2.02. The molecule has 0 fully saturated rings. The monoisotopic (exact) mass is 190 g/mol. The van der Waals surface area contributed by atoms with Crippen molar-refractivity contribution in [3.05, 3.63) is 39.7 Å². The maximum absolute atomic E-state index is 11.2. The zero-order chi connectivity index (χ0) is 10.3. The standard InChI is InChI=1S/C11H10O3/c1-6-3-8(12)5-10-9(6)4-7(2)11(13)14-10/h3-5,12H,1-2H3. The van der Waals surface area contributed by atoms with Gasteiger partial charge in [0.05, 0.1) is 0 Å². The molecule has 2 aromatic rings. The number of benzene rings is 1. The molecule has 0 radical (unpaired) electrons. The summed E-state index contributed by atoms with van der Waals surface area (Å²) in [6.45, 7) is 3.57. The van der Waals surface area contributed by atoms with Crippen LogP contribution >= 0.6 is 0 Å². The summed E-state index contributed by atoms with van der Waals surface area (Å²) in [5.41, 5.74) is 1.54. The number of aromatic hydroxyl groups is 1. The van der Waals surface area contributed by atoms with Gasteiger partial charge in [-0.1, -0.05) is 0 Å². The zero-order valence-corrected chi connectivity index (χ0v) is 8.00. The molecule has 2 rings (SSSR count). The average molecular weight is 190 g/mol. The van der Waals surface area contributed by atoms with E-state index in [0.717, 1.165) is 10.9 Å². The van der Waals surface area contributed by atoms with E-state index in [-0.39, 0.29) is 11.4 Å². The molecule has 1 N–H and O–H groups in total. The van der Waals surface area contributed by atoms with E-state index in [2.05, 4.69) is 0 Å². The van der Waals surface area contributed by atoms with Crippen LogP contribution in [-0.2, 0) is 0 Å². The van der Waals surface area contributed by atoms with Gasteiger partial charge in [-0.05, 0) is 31.5 Å². The molecule has 72 valence electrons. The Labute approximate surface area is 80.6 Å². The Kier molecular flexibility index (Phi) is 1.81. The second-order valence-electron chi connectivity index (χ2n) is 3.39. The summed E-state index contributed by atoms with van der Waals surface area (Å²) in [7, 11) is 0. The summed E-state index contributed by atoms with van der Waals surface area (Å²) in [5.74, 6) is 0.113. The molecule has 0 atom stereocenters. The fourth-order valence-corrected chi connectivity index (χ4v) is 1.47. The maximum atomic E-state index is 11.2. The quantitative estimate of drug-likeness (QED) is 0.647. The summed E-state index contributed by atoms with van der Waals surface area (Å²) in [6.07, 6.45) is 0. The summed E-state index contributed by atoms with van der Waals surface area (Å²) in [5, 5.41) is 10.2. The molecule has 1 aromatic carbocycles. The van der Waals surface area contributed by atoms with Crippen molar-refractivity contribution in [2.24, 2.45) is 0 Å². The fourth-order valence-electron chi connectivity index (χ4n) is 1.47. The first-order valence-electron chi connectivity index (χ1n) is 4.32. The van der Waals surface area contributed by atoms with Gasteiger partial charge in [0.15, 0.2) is 0 Å². The third-order valence-corrected chi connectivity index (χ3v) is 2.22. The van der Waals surface area contributed by atoms with Crippen LogP contribution < -0.4 is 5.63 Å².